The minimum absolute atomic E-state index is 0.232. The second-order valence-corrected chi connectivity index (χ2v) is 9.70. The van der Waals surface area contributed by atoms with E-state index in [-0.39, 0.29) is 10.8 Å². The molecular weight excluding hydrogens is 384 g/mol. The first kappa shape index (κ1) is 21.5. The minimum Gasteiger partial charge on any atom is -0.352 e. The highest BCUT2D eigenvalue weighted by Gasteiger charge is 2.28. The van der Waals surface area contributed by atoms with E-state index in [1.807, 2.05) is 6.07 Å². The van der Waals surface area contributed by atoms with Gasteiger partial charge in [0, 0.05) is 25.2 Å². The number of hydrogen-bond donors (Lipinski definition) is 1. The maximum atomic E-state index is 13.0. The number of benzene rings is 2. The molecule has 1 fully saturated rings. The number of nitrogens with zero attached hydrogens (tertiary/aromatic N) is 1. The Morgan fingerprint density at radius 1 is 1.03 bits per heavy atom. The van der Waals surface area contributed by atoms with Crippen molar-refractivity contribution in [2.75, 3.05) is 19.6 Å². The molecule has 1 N–H and O–H groups in total. The van der Waals surface area contributed by atoms with Crippen molar-refractivity contribution in [1.29, 1.82) is 0 Å². The van der Waals surface area contributed by atoms with Gasteiger partial charge in [0.1, 0.15) is 0 Å². The van der Waals surface area contributed by atoms with Crippen LogP contribution in [0.2, 0.25) is 0 Å². The molecule has 5 nitrogen and oxygen atoms in total. The number of carbonyl (C=O) groups excluding carboxylic acids is 1. The van der Waals surface area contributed by atoms with Gasteiger partial charge in [-0.3, -0.25) is 4.79 Å². The van der Waals surface area contributed by atoms with Crippen molar-refractivity contribution in [1.82, 2.24) is 9.62 Å². The second-order valence-electron chi connectivity index (χ2n) is 7.79. The molecule has 0 spiro atoms. The molecular formula is C23H30N2O3S. The third kappa shape index (κ3) is 5.46. The molecule has 2 aromatic carbocycles. The number of carbonyl (C=O) groups is 1. The zero-order valence-electron chi connectivity index (χ0n) is 17.3. The van der Waals surface area contributed by atoms with E-state index in [1.165, 1.54) is 17.2 Å². The van der Waals surface area contributed by atoms with Gasteiger partial charge in [-0.15, -0.1) is 0 Å². The van der Waals surface area contributed by atoms with E-state index in [9.17, 15) is 13.2 Å². The highest BCUT2D eigenvalue weighted by molar-refractivity contribution is 7.89. The zero-order chi connectivity index (χ0) is 20.9. The van der Waals surface area contributed by atoms with E-state index in [0.717, 1.165) is 32.1 Å². The highest BCUT2D eigenvalue weighted by atomic mass is 32.2. The zero-order valence-corrected chi connectivity index (χ0v) is 18.1. The Labute approximate surface area is 174 Å². The van der Waals surface area contributed by atoms with E-state index in [2.05, 4.69) is 30.4 Å². The van der Waals surface area contributed by atoms with Gasteiger partial charge in [0.2, 0.25) is 10.0 Å². The largest absolute Gasteiger partial charge is 0.352 e. The van der Waals surface area contributed by atoms with Crippen LogP contribution >= 0.6 is 0 Å². The first-order valence-corrected chi connectivity index (χ1v) is 11.8. The summed E-state index contributed by atoms with van der Waals surface area (Å²) < 4.78 is 27.6. The summed E-state index contributed by atoms with van der Waals surface area (Å²) in [6, 6.07) is 13.3. The Hall–Kier alpha value is -2.18. The molecule has 0 aromatic heterocycles. The summed E-state index contributed by atoms with van der Waals surface area (Å²) in [6.45, 7) is 5.50. The topological polar surface area (TPSA) is 66.5 Å². The predicted octanol–water partition coefficient (Wildman–Crippen LogP) is 3.84. The van der Waals surface area contributed by atoms with Crippen molar-refractivity contribution in [3.05, 3.63) is 64.7 Å². The predicted molar refractivity (Wildman–Crippen MR) is 116 cm³/mol. The lowest BCUT2D eigenvalue weighted by molar-refractivity contribution is 0.0953. The number of sulfonamides is 1. The number of hydrogen-bond acceptors (Lipinski definition) is 3. The maximum Gasteiger partial charge on any atom is 0.251 e. The summed E-state index contributed by atoms with van der Waals surface area (Å²) in [4.78, 5) is 12.8. The summed E-state index contributed by atoms with van der Waals surface area (Å²) in [5.41, 5.74) is 3.55. The van der Waals surface area contributed by atoms with Crippen LogP contribution in [0.1, 0.15) is 52.7 Å². The summed E-state index contributed by atoms with van der Waals surface area (Å²) in [5, 5.41) is 2.91. The van der Waals surface area contributed by atoms with Gasteiger partial charge in [0.05, 0.1) is 4.90 Å². The van der Waals surface area contributed by atoms with Crippen LogP contribution in [0, 0.1) is 13.8 Å². The Morgan fingerprint density at radius 3 is 2.52 bits per heavy atom. The Kier molecular flexibility index (Phi) is 7.09. The first-order valence-electron chi connectivity index (χ1n) is 10.3. The fraction of sp³-hybridized carbons (Fsp3) is 0.435. The van der Waals surface area contributed by atoms with E-state index < -0.39 is 10.0 Å². The average molecular weight is 415 g/mol. The molecule has 3 rings (SSSR count). The van der Waals surface area contributed by atoms with Gasteiger partial charge >= 0.3 is 0 Å². The summed E-state index contributed by atoms with van der Waals surface area (Å²) in [5.74, 6) is -0.232. The van der Waals surface area contributed by atoms with Crippen LogP contribution in [0.15, 0.2) is 47.4 Å². The summed E-state index contributed by atoms with van der Waals surface area (Å²) in [7, 11) is -3.56. The van der Waals surface area contributed by atoms with Crippen molar-refractivity contribution in [3.63, 3.8) is 0 Å². The van der Waals surface area contributed by atoms with Crippen molar-refractivity contribution in [3.8, 4) is 0 Å². The molecule has 29 heavy (non-hydrogen) atoms. The maximum absolute atomic E-state index is 13.0. The third-order valence-electron chi connectivity index (χ3n) is 5.39. The summed E-state index contributed by atoms with van der Waals surface area (Å²) in [6.07, 6.45) is 4.57. The van der Waals surface area contributed by atoms with Crippen LogP contribution < -0.4 is 5.32 Å². The average Bonchev–Trinajstić information content (AvgIpc) is 2.72. The molecule has 1 aliphatic rings. The van der Waals surface area contributed by atoms with Crippen LogP contribution in [-0.4, -0.2) is 38.3 Å². The highest BCUT2D eigenvalue weighted by Crippen LogP contribution is 2.24. The van der Waals surface area contributed by atoms with Crippen molar-refractivity contribution >= 4 is 15.9 Å². The lowest BCUT2D eigenvalue weighted by Crippen LogP contribution is -2.36. The summed E-state index contributed by atoms with van der Waals surface area (Å²) >= 11 is 0. The first-order chi connectivity index (χ1) is 13.9. The molecule has 0 aliphatic carbocycles. The Balaban J connectivity index is 1.63. The number of nitrogens with one attached hydrogen (secondary N) is 1. The molecule has 156 valence electrons. The van der Waals surface area contributed by atoms with Gasteiger partial charge in [-0.05, 0) is 62.8 Å². The molecule has 0 unspecified atom stereocenters. The fourth-order valence-electron chi connectivity index (χ4n) is 3.73. The van der Waals surface area contributed by atoms with Crippen LogP contribution in [0.4, 0.5) is 0 Å². The van der Waals surface area contributed by atoms with Crippen LogP contribution in [0.25, 0.3) is 0 Å². The molecule has 1 saturated heterocycles. The lowest BCUT2D eigenvalue weighted by Gasteiger charge is -2.26. The number of amides is 1. The van der Waals surface area contributed by atoms with Gasteiger partial charge in [-0.2, -0.15) is 4.31 Å². The second kappa shape index (κ2) is 9.55. The molecule has 2 aromatic rings. The van der Waals surface area contributed by atoms with Gasteiger partial charge in [0.25, 0.3) is 5.91 Å². The normalized spacial score (nSPS) is 15.2. The van der Waals surface area contributed by atoms with E-state index in [0.29, 0.717) is 30.8 Å². The number of aryl methyl sites for hydroxylation is 3. The van der Waals surface area contributed by atoms with Gasteiger partial charge < -0.3 is 5.32 Å². The molecule has 0 saturated carbocycles. The van der Waals surface area contributed by atoms with Crippen LogP contribution in [-0.2, 0) is 16.4 Å². The monoisotopic (exact) mass is 414 g/mol. The van der Waals surface area contributed by atoms with Crippen molar-refractivity contribution in [2.24, 2.45) is 0 Å². The van der Waals surface area contributed by atoms with Gasteiger partial charge in [-0.25, -0.2) is 8.42 Å². The standard InChI is InChI=1S/C23H30N2O3S/c1-18-8-6-9-20(16-18)10-7-13-24-23(26)21-12-11-19(2)22(17-21)29(27,28)25-14-4-3-5-15-25/h6,8-9,11-12,16-17H,3-5,7,10,13-15H2,1-2H3,(H,24,26). The fourth-order valence-corrected chi connectivity index (χ4v) is 5.50. The molecule has 0 atom stereocenters. The van der Waals surface area contributed by atoms with Crippen LogP contribution in [0.5, 0.6) is 0 Å². The molecule has 1 heterocycles. The van der Waals surface area contributed by atoms with E-state index >= 15 is 0 Å². The van der Waals surface area contributed by atoms with E-state index in [4.69, 9.17) is 0 Å². The van der Waals surface area contributed by atoms with Crippen molar-refractivity contribution in [2.45, 2.75) is 50.8 Å². The SMILES string of the molecule is Cc1cccc(CCCNC(=O)c2ccc(C)c(S(=O)(=O)N3CCCCC3)c2)c1. The number of rotatable bonds is 7. The van der Waals surface area contributed by atoms with Crippen molar-refractivity contribution < 1.29 is 13.2 Å². The van der Waals surface area contributed by atoms with Crippen LogP contribution in [0.3, 0.4) is 0 Å². The smallest absolute Gasteiger partial charge is 0.251 e. The number of piperidine rings is 1. The third-order valence-corrected chi connectivity index (χ3v) is 7.43. The molecule has 6 heteroatoms. The quantitative estimate of drug-likeness (QED) is 0.700. The minimum atomic E-state index is -3.56. The van der Waals surface area contributed by atoms with Gasteiger partial charge in [0.15, 0.2) is 0 Å². The lowest BCUT2D eigenvalue weighted by atomic mass is 10.1. The molecule has 0 bridgehead atoms. The molecule has 1 amide bonds. The Bertz CT molecular complexity index is 964. The molecule has 1 aliphatic heterocycles. The molecule has 0 radical (unpaired) electrons. The van der Waals surface area contributed by atoms with Gasteiger partial charge in [-0.1, -0.05) is 42.3 Å². The Morgan fingerprint density at radius 2 is 1.79 bits per heavy atom. The van der Waals surface area contributed by atoms with E-state index in [1.54, 1.807) is 23.4 Å².